The van der Waals surface area contributed by atoms with Gasteiger partial charge in [-0.15, -0.1) is 0 Å². The SMILES string of the molecule is Cc1cc(NSc2ccc(C(C)C)cc2)n(-c2cccc3c(N)nccc23)n1. The topological polar surface area (TPSA) is 68.8 Å². The van der Waals surface area contributed by atoms with Crippen LogP contribution in [0, 0.1) is 6.92 Å². The lowest BCUT2D eigenvalue weighted by molar-refractivity contribution is 0.865. The number of hydrogen-bond acceptors (Lipinski definition) is 5. The van der Waals surface area contributed by atoms with E-state index in [0.717, 1.165) is 32.9 Å². The smallest absolute Gasteiger partial charge is 0.140 e. The third-order valence-electron chi connectivity index (χ3n) is 4.69. The van der Waals surface area contributed by atoms with E-state index in [0.29, 0.717) is 11.7 Å². The summed E-state index contributed by atoms with van der Waals surface area (Å²) in [5.41, 5.74) is 9.31. The number of aromatic nitrogens is 3. The first-order valence-electron chi connectivity index (χ1n) is 9.26. The van der Waals surface area contributed by atoms with E-state index in [4.69, 9.17) is 5.73 Å². The van der Waals surface area contributed by atoms with Crippen LogP contribution in [0.25, 0.3) is 16.5 Å². The van der Waals surface area contributed by atoms with Crippen molar-refractivity contribution in [2.75, 3.05) is 10.5 Å². The van der Waals surface area contributed by atoms with Crippen molar-refractivity contribution in [1.82, 2.24) is 14.8 Å². The third kappa shape index (κ3) is 3.55. The molecule has 6 heteroatoms. The molecule has 4 rings (SSSR count). The van der Waals surface area contributed by atoms with Crippen molar-refractivity contribution in [2.45, 2.75) is 31.6 Å². The summed E-state index contributed by atoms with van der Waals surface area (Å²) in [5, 5.41) is 6.64. The summed E-state index contributed by atoms with van der Waals surface area (Å²) in [6.07, 6.45) is 1.73. The van der Waals surface area contributed by atoms with Crippen LogP contribution in [0.1, 0.15) is 31.0 Å². The van der Waals surface area contributed by atoms with Gasteiger partial charge in [-0.05, 0) is 54.6 Å². The molecule has 0 spiro atoms. The predicted octanol–water partition coefficient (Wildman–Crippen LogP) is 5.55. The van der Waals surface area contributed by atoms with Crippen molar-refractivity contribution in [2.24, 2.45) is 0 Å². The molecule has 5 nitrogen and oxygen atoms in total. The average Bonchev–Trinajstić information content (AvgIpc) is 3.07. The molecule has 0 aliphatic rings. The number of anilines is 2. The standard InChI is InChI=1S/C22H23N5S/c1-14(2)16-7-9-17(10-8-16)28-26-21-13-15(3)25-27(21)20-6-4-5-19-18(20)11-12-24-22(19)23/h4-14,26H,1-3H3,(H2,23,24). The highest BCUT2D eigenvalue weighted by Crippen LogP contribution is 2.30. The van der Waals surface area contributed by atoms with Crippen LogP contribution >= 0.6 is 11.9 Å². The molecular weight excluding hydrogens is 366 g/mol. The zero-order valence-electron chi connectivity index (χ0n) is 16.2. The molecule has 0 saturated heterocycles. The van der Waals surface area contributed by atoms with Crippen LogP contribution in [0.5, 0.6) is 0 Å². The molecule has 0 atom stereocenters. The second-order valence-electron chi connectivity index (χ2n) is 7.08. The number of nitrogens with zero attached hydrogens (tertiary/aromatic N) is 3. The van der Waals surface area contributed by atoms with E-state index in [1.807, 2.05) is 41.9 Å². The molecule has 0 fully saturated rings. The van der Waals surface area contributed by atoms with Gasteiger partial charge in [0, 0.05) is 27.9 Å². The van der Waals surface area contributed by atoms with Gasteiger partial charge in [-0.25, -0.2) is 9.67 Å². The number of pyridine rings is 1. The lowest BCUT2D eigenvalue weighted by atomic mass is 10.0. The average molecular weight is 390 g/mol. The van der Waals surface area contributed by atoms with Crippen molar-refractivity contribution in [3.8, 4) is 5.69 Å². The van der Waals surface area contributed by atoms with Gasteiger partial charge in [-0.2, -0.15) is 5.10 Å². The number of benzene rings is 2. The van der Waals surface area contributed by atoms with Crippen molar-refractivity contribution in [1.29, 1.82) is 0 Å². The highest BCUT2D eigenvalue weighted by atomic mass is 32.2. The molecule has 0 aliphatic heterocycles. The number of hydrogen-bond donors (Lipinski definition) is 2. The van der Waals surface area contributed by atoms with Crippen LogP contribution in [-0.2, 0) is 0 Å². The lowest BCUT2D eigenvalue weighted by Crippen LogP contribution is -2.03. The van der Waals surface area contributed by atoms with Crippen LogP contribution in [0.15, 0.2) is 65.7 Å². The molecule has 28 heavy (non-hydrogen) atoms. The molecule has 0 aliphatic carbocycles. The summed E-state index contributed by atoms with van der Waals surface area (Å²) in [4.78, 5) is 5.35. The summed E-state index contributed by atoms with van der Waals surface area (Å²) in [6.45, 7) is 6.40. The second kappa shape index (κ2) is 7.56. The van der Waals surface area contributed by atoms with Crippen LogP contribution < -0.4 is 10.5 Å². The molecule has 0 radical (unpaired) electrons. The zero-order chi connectivity index (χ0) is 19.7. The molecule has 0 unspecified atom stereocenters. The van der Waals surface area contributed by atoms with Crippen LogP contribution in [-0.4, -0.2) is 14.8 Å². The van der Waals surface area contributed by atoms with Gasteiger partial charge in [-0.1, -0.05) is 38.1 Å². The quantitative estimate of drug-likeness (QED) is 0.438. The molecule has 3 N–H and O–H groups in total. The van der Waals surface area contributed by atoms with E-state index in [2.05, 4.69) is 52.9 Å². The zero-order valence-corrected chi connectivity index (χ0v) is 17.0. The first-order chi connectivity index (χ1) is 13.5. The van der Waals surface area contributed by atoms with Gasteiger partial charge in [0.05, 0.1) is 11.4 Å². The number of nitrogens with one attached hydrogen (secondary N) is 1. The first kappa shape index (κ1) is 18.4. The van der Waals surface area contributed by atoms with Crippen molar-refractivity contribution in [3.05, 3.63) is 72.1 Å². The van der Waals surface area contributed by atoms with E-state index in [1.54, 1.807) is 18.1 Å². The number of rotatable bonds is 5. The Morgan fingerprint density at radius 3 is 2.57 bits per heavy atom. The van der Waals surface area contributed by atoms with E-state index in [-0.39, 0.29) is 0 Å². The summed E-state index contributed by atoms with van der Waals surface area (Å²) in [5.74, 6) is 1.97. The van der Waals surface area contributed by atoms with Gasteiger partial charge >= 0.3 is 0 Å². The summed E-state index contributed by atoms with van der Waals surface area (Å²) >= 11 is 1.58. The minimum Gasteiger partial charge on any atom is -0.383 e. The fourth-order valence-electron chi connectivity index (χ4n) is 3.19. The molecule has 2 aromatic heterocycles. The largest absolute Gasteiger partial charge is 0.383 e. The molecule has 2 aromatic carbocycles. The highest BCUT2D eigenvalue weighted by Gasteiger charge is 2.12. The normalized spacial score (nSPS) is 11.3. The Hall–Kier alpha value is -2.99. The Kier molecular flexibility index (Phi) is 4.96. The molecule has 2 heterocycles. The number of fused-ring (bicyclic) bond motifs is 1. The summed E-state index contributed by atoms with van der Waals surface area (Å²) < 4.78 is 5.37. The molecule has 142 valence electrons. The number of aryl methyl sites for hydroxylation is 1. The molecule has 0 saturated carbocycles. The Labute approximate surface area is 169 Å². The summed E-state index contributed by atoms with van der Waals surface area (Å²) in [6, 6.07) is 18.7. The van der Waals surface area contributed by atoms with E-state index in [1.165, 1.54) is 5.56 Å². The van der Waals surface area contributed by atoms with E-state index < -0.39 is 0 Å². The van der Waals surface area contributed by atoms with Gasteiger partial charge in [0.1, 0.15) is 11.6 Å². The molecule has 4 aromatic rings. The molecular formula is C22H23N5S. The number of nitrogen functional groups attached to an aromatic ring is 1. The minimum atomic E-state index is 0.525. The van der Waals surface area contributed by atoms with Crippen LogP contribution in [0.3, 0.4) is 0 Å². The maximum Gasteiger partial charge on any atom is 0.140 e. The van der Waals surface area contributed by atoms with Gasteiger partial charge in [0.2, 0.25) is 0 Å². The highest BCUT2D eigenvalue weighted by molar-refractivity contribution is 8.00. The second-order valence-corrected chi connectivity index (χ2v) is 7.96. The van der Waals surface area contributed by atoms with Gasteiger partial charge in [0.25, 0.3) is 0 Å². The minimum absolute atomic E-state index is 0.525. The van der Waals surface area contributed by atoms with Gasteiger partial charge in [0.15, 0.2) is 0 Å². The monoisotopic (exact) mass is 389 g/mol. The molecule has 0 bridgehead atoms. The first-order valence-corrected chi connectivity index (χ1v) is 10.1. The summed E-state index contributed by atoms with van der Waals surface area (Å²) in [7, 11) is 0. The van der Waals surface area contributed by atoms with Crippen molar-refractivity contribution < 1.29 is 0 Å². The Morgan fingerprint density at radius 1 is 1.04 bits per heavy atom. The lowest BCUT2D eigenvalue weighted by Gasteiger charge is -2.12. The number of nitrogens with two attached hydrogens (primary N) is 1. The van der Waals surface area contributed by atoms with Crippen molar-refractivity contribution >= 4 is 34.4 Å². The van der Waals surface area contributed by atoms with E-state index in [9.17, 15) is 0 Å². The Balaban J connectivity index is 1.66. The maximum absolute atomic E-state index is 6.05. The van der Waals surface area contributed by atoms with E-state index >= 15 is 0 Å². The molecule has 0 amide bonds. The van der Waals surface area contributed by atoms with Gasteiger partial charge in [-0.3, -0.25) is 0 Å². The Morgan fingerprint density at radius 2 is 1.82 bits per heavy atom. The van der Waals surface area contributed by atoms with Crippen LogP contribution in [0.2, 0.25) is 0 Å². The Bertz CT molecular complexity index is 1120. The fourth-order valence-corrected chi connectivity index (χ4v) is 3.83. The fraction of sp³-hybridized carbons (Fsp3) is 0.182. The maximum atomic E-state index is 6.05. The van der Waals surface area contributed by atoms with Crippen molar-refractivity contribution in [3.63, 3.8) is 0 Å². The van der Waals surface area contributed by atoms with Gasteiger partial charge < -0.3 is 10.5 Å². The predicted molar refractivity (Wildman–Crippen MR) is 118 cm³/mol. The van der Waals surface area contributed by atoms with Crippen LogP contribution in [0.4, 0.5) is 11.6 Å². The third-order valence-corrected chi connectivity index (χ3v) is 5.51.